The number of nitrogens with one attached hydrogen (secondary N) is 1. The van der Waals surface area contributed by atoms with E-state index in [0.29, 0.717) is 22.5 Å². The van der Waals surface area contributed by atoms with Gasteiger partial charge in [-0.2, -0.15) is 0 Å². The van der Waals surface area contributed by atoms with Gasteiger partial charge in [-0.3, -0.25) is 14.9 Å². The Kier molecular flexibility index (Phi) is 4.42. The Labute approximate surface area is 142 Å². The first-order chi connectivity index (χ1) is 11.9. The lowest BCUT2D eigenvalue weighted by Gasteiger charge is -2.11. The third kappa shape index (κ3) is 3.63. The van der Waals surface area contributed by atoms with E-state index in [9.17, 15) is 19.3 Å². The molecule has 128 valence electrons. The van der Waals surface area contributed by atoms with Crippen LogP contribution in [0.3, 0.4) is 0 Å². The number of aryl methyl sites for hydroxylation is 1. The normalized spacial score (nSPS) is 16.1. The molecule has 7 nitrogen and oxygen atoms in total. The van der Waals surface area contributed by atoms with Crippen LogP contribution in [0.4, 0.5) is 15.8 Å². The molecule has 1 atom stereocenters. The topological polar surface area (TPSA) is 93.8 Å². The summed E-state index contributed by atoms with van der Waals surface area (Å²) in [4.78, 5) is 27.8. The van der Waals surface area contributed by atoms with Crippen molar-refractivity contribution < 1.29 is 18.9 Å². The number of carbonyl (C=O) groups is 1. The first-order valence-corrected chi connectivity index (χ1v) is 7.48. The van der Waals surface area contributed by atoms with Gasteiger partial charge in [-0.25, -0.2) is 4.39 Å². The predicted molar refractivity (Wildman–Crippen MR) is 88.9 cm³/mol. The van der Waals surface area contributed by atoms with Crippen LogP contribution in [-0.4, -0.2) is 22.6 Å². The summed E-state index contributed by atoms with van der Waals surface area (Å²) in [5.41, 5.74) is 1.91. The van der Waals surface area contributed by atoms with E-state index < -0.39 is 22.8 Å². The van der Waals surface area contributed by atoms with Gasteiger partial charge in [0.1, 0.15) is 5.82 Å². The van der Waals surface area contributed by atoms with Crippen molar-refractivity contribution in [2.75, 3.05) is 5.32 Å². The second-order valence-corrected chi connectivity index (χ2v) is 5.59. The summed E-state index contributed by atoms with van der Waals surface area (Å²) < 4.78 is 13.3. The lowest BCUT2D eigenvalue weighted by molar-refractivity contribution is -0.384. The summed E-state index contributed by atoms with van der Waals surface area (Å²) in [6.07, 6.45) is -0.694. The molecule has 0 spiro atoms. The Morgan fingerprint density at radius 2 is 2.16 bits per heavy atom. The number of hydrogen-bond acceptors (Lipinski definition) is 5. The maximum atomic E-state index is 13.3. The Hall–Kier alpha value is -3.29. The zero-order valence-electron chi connectivity index (χ0n) is 13.2. The van der Waals surface area contributed by atoms with Gasteiger partial charge < -0.3 is 10.2 Å². The molecule has 0 aromatic heterocycles. The van der Waals surface area contributed by atoms with Gasteiger partial charge in [-0.15, -0.1) is 0 Å². The smallest absolute Gasteiger partial charge is 0.271 e. The second kappa shape index (κ2) is 6.68. The van der Waals surface area contributed by atoms with Gasteiger partial charge >= 0.3 is 0 Å². The number of oxime groups is 1. The van der Waals surface area contributed by atoms with Crippen LogP contribution in [0.25, 0.3) is 0 Å². The van der Waals surface area contributed by atoms with Crippen molar-refractivity contribution in [3.8, 4) is 0 Å². The summed E-state index contributed by atoms with van der Waals surface area (Å²) >= 11 is 0. The highest BCUT2D eigenvalue weighted by molar-refractivity contribution is 6.06. The minimum Gasteiger partial charge on any atom is -0.382 e. The number of anilines is 1. The average molecular weight is 343 g/mol. The molecule has 2 aromatic carbocycles. The third-order valence-electron chi connectivity index (χ3n) is 3.81. The molecule has 0 saturated carbocycles. The van der Waals surface area contributed by atoms with Crippen molar-refractivity contribution in [1.29, 1.82) is 0 Å². The van der Waals surface area contributed by atoms with E-state index in [1.807, 2.05) is 0 Å². The quantitative estimate of drug-likeness (QED) is 0.681. The standard InChI is InChI=1S/C17H14FN3O4/c1-10-5-6-13(21(23)24)8-14(10)19-17(22)16-9-15(20-25-16)11-3-2-4-12(18)7-11/h2-8,16H,9H2,1H3,(H,19,22)/t16-/m0/s1. The molecule has 0 saturated heterocycles. The van der Waals surface area contributed by atoms with Gasteiger partial charge in [0.2, 0.25) is 6.10 Å². The third-order valence-corrected chi connectivity index (χ3v) is 3.81. The molecule has 0 fully saturated rings. The fourth-order valence-corrected chi connectivity index (χ4v) is 2.43. The van der Waals surface area contributed by atoms with Crippen molar-refractivity contribution >= 4 is 23.0 Å². The lowest BCUT2D eigenvalue weighted by Crippen LogP contribution is -2.28. The second-order valence-electron chi connectivity index (χ2n) is 5.59. The Bertz CT molecular complexity index is 882. The SMILES string of the molecule is Cc1ccc([N+](=O)[O-])cc1NC(=O)[C@@H]1CC(c2cccc(F)c2)=NO1. The zero-order valence-corrected chi connectivity index (χ0v) is 13.2. The van der Waals surface area contributed by atoms with Crippen LogP contribution in [0.15, 0.2) is 47.6 Å². The fourth-order valence-electron chi connectivity index (χ4n) is 2.43. The molecule has 1 heterocycles. The maximum Gasteiger partial charge on any atom is 0.271 e. The number of non-ortho nitro benzene ring substituents is 1. The molecular weight excluding hydrogens is 329 g/mol. The van der Waals surface area contributed by atoms with Crippen LogP contribution in [0.1, 0.15) is 17.5 Å². The number of halogens is 1. The lowest BCUT2D eigenvalue weighted by atomic mass is 10.0. The fraction of sp³-hybridized carbons (Fsp3) is 0.176. The summed E-state index contributed by atoms with van der Waals surface area (Å²) in [5.74, 6) is -0.876. The summed E-state index contributed by atoms with van der Waals surface area (Å²) in [6, 6.07) is 10.1. The number of rotatable bonds is 4. The van der Waals surface area contributed by atoms with E-state index >= 15 is 0 Å². The highest BCUT2D eigenvalue weighted by Crippen LogP contribution is 2.24. The number of nitro groups is 1. The molecule has 8 heteroatoms. The number of benzene rings is 2. The number of carbonyl (C=O) groups excluding carboxylic acids is 1. The zero-order chi connectivity index (χ0) is 18.0. The monoisotopic (exact) mass is 343 g/mol. The van der Waals surface area contributed by atoms with Crippen LogP contribution in [0.2, 0.25) is 0 Å². The molecule has 1 aliphatic heterocycles. The molecular formula is C17H14FN3O4. The minimum absolute atomic E-state index is 0.120. The van der Waals surface area contributed by atoms with Gasteiger partial charge in [0.25, 0.3) is 11.6 Å². The van der Waals surface area contributed by atoms with Gasteiger partial charge in [-0.1, -0.05) is 23.4 Å². The molecule has 0 unspecified atom stereocenters. The van der Waals surface area contributed by atoms with Crippen LogP contribution in [0.5, 0.6) is 0 Å². The molecule has 2 aromatic rings. The molecule has 0 bridgehead atoms. The van der Waals surface area contributed by atoms with Crippen LogP contribution in [-0.2, 0) is 9.63 Å². The van der Waals surface area contributed by atoms with E-state index in [0.717, 1.165) is 0 Å². The first kappa shape index (κ1) is 16.6. The molecule has 3 rings (SSSR count). The molecule has 0 radical (unpaired) electrons. The Morgan fingerprint density at radius 3 is 2.88 bits per heavy atom. The van der Waals surface area contributed by atoms with E-state index in [4.69, 9.17) is 4.84 Å². The van der Waals surface area contributed by atoms with Crippen molar-refractivity contribution in [3.63, 3.8) is 0 Å². The summed E-state index contributed by atoms with van der Waals surface area (Å²) in [6.45, 7) is 1.73. The first-order valence-electron chi connectivity index (χ1n) is 7.48. The van der Waals surface area contributed by atoms with Gasteiger partial charge in [0.15, 0.2) is 0 Å². The molecule has 0 aliphatic carbocycles. The van der Waals surface area contributed by atoms with E-state index in [1.54, 1.807) is 25.1 Å². The Balaban J connectivity index is 1.70. The highest BCUT2D eigenvalue weighted by Gasteiger charge is 2.29. The summed E-state index contributed by atoms with van der Waals surface area (Å²) in [5, 5.41) is 17.3. The highest BCUT2D eigenvalue weighted by atomic mass is 19.1. The van der Waals surface area contributed by atoms with Crippen molar-refractivity contribution in [2.24, 2.45) is 5.16 Å². The largest absolute Gasteiger partial charge is 0.382 e. The molecule has 1 aliphatic rings. The number of hydrogen-bond donors (Lipinski definition) is 1. The molecule has 1 amide bonds. The van der Waals surface area contributed by atoms with Crippen LogP contribution >= 0.6 is 0 Å². The van der Waals surface area contributed by atoms with Crippen molar-refractivity contribution in [3.05, 3.63) is 69.5 Å². The number of nitrogens with zero attached hydrogens (tertiary/aromatic N) is 2. The van der Waals surface area contributed by atoms with Gasteiger partial charge in [0, 0.05) is 24.1 Å². The molecule has 1 N–H and O–H groups in total. The van der Waals surface area contributed by atoms with E-state index in [1.165, 1.54) is 24.3 Å². The van der Waals surface area contributed by atoms with Crippen molar-refractivity contribution in [2.45, 2.75) is 19.4 Å². The van der Waals surface area contributed by atoms with Gasteiger partial charge in [-0.05, 0) is 24.6 Å². The number of amides is 1. The van der Waals surface area contributed by atoms with Crippen LogP contribution < -0.4 is 5.32 Å². The summed E-state index contributed by atoms with van der Waals surface area (Å²) in [7, 11) is 0. The minimum atomic E-state index is -0.878. The molecule has 25 heavy (non-hydrogen) atoms. The van der Waals surface area contributed by atoms with E-state index in [-0.39, 0.29) is 12.1 Å². The van der Waals surface area contributed by atoms with Crippen LogP contribution in [0, 0.1) is 22.9 Å². The maximum absolute atomic E-state index is 13.3. The predicted octanol–water partition coefficient (Wildman–Crippen LogP) is 3.17. The van der Waals surface area contributed by atoms with Gasteiger partial charge in [0.05, 0.1) is 16.3 Å². The number of nitro benzene ring substituents is 1. The average Bonchev–Trinajstić information content (AvgIpc) is 3.07. The van der Waals surface area contributed by atoms with Crippen molar-refractivity contribution in [1.82, 2.24) is 0 Å². The van der Waals surface area contributed by atoms with E-state index in [2.05, 4.69) is 10.5 Å². The Morgan fingerprint density at radius 1 is 1.36 bits per heavy atom.